The van der Waals surface area contributed by atoms with Gasteiger partial charge < -0.3 is 5.11 Å². The van der Waals surface area contributed by atoms with Crippen molar-refractivity contribution in [2.24, 2.45) is 0 Å². The smallest absolute Gasteiger partial charge is 0.115 e. The molecule has 0 bridgehead atoms. The van der Waals surface area contributed by atoms with Gasteiger partial charge in [0.25, 0.3) is 0 Å². The highest BCUT2D eigenvalue weighted by Gasteiger charge is 1.99. The number of benzene rings is 3. The standard InChI is InChI=1S/C17H13O/c18-17-9-6-13(7-10-17)11-14-5-8-15-3-1-2-4-16(15)12-14/h1-10,18H,11H2. The summed E-state index contributed by atoms with van der Waals surface area (Å²) in [7, 11) is 0. The molecule has 1 radical (unpaired) electrons. The summed E-state index contributed by atoms with van der Waals surface area (Å²) in [6.45, 7) is 0. The van der Waals surface area contributed by atoms with Gasteiger partial charge in [0.1, 0.15) is 5.75 Å². The van der Waals surface area contributed by atoms with Crippen molar-refractivity contribution in [2.45, 2.75) is 6.42 Å². The Kier molecular flexibility index (Phi) is 2.73. The molecule has 0 unspecified atom stereocenters. The van der Waals surface area contributed by atoms with Crippen molar-refractivity contribution >= 4 is 10.8 Å². The summed E-state index contributed by atoms with van der Waals surface area (Å²) in [4.78, 5) is 0. The maximum atomic E-state index is 9.26. The van der Waals surface area contributed by atoms with E-state index in [1.165, 1.54) is 16.5 Å². The molecule has 3 aromatic rings. The van der Waals surface area contributed by atoms with Gasteiger partial charge in [-0.25, -0.2) is 0 Å². The molecule has 0 heterocycles. The highest BCUT2D eigenvalue weighted by Crippen LogP contribution is 2.18. The van der Waals surface area contributed by atoms with Crippen molar-refractivity contribution in [1.29, 1.82) is 0 Å². The van der Waals surface area contributed by atoms with Crippen LogP contribution in [0.3, 0.4) is 0 Å². The molecular weight excluding hydrogens is 220 g/mol. The Hall–Kier alpha value is -2.28. The van der Waals surface area contributed by atoms with Crippen LogP contribution in [0.1, 0.15) is 11.1 Å². The zero-order valence-corrected chi connectivity index (χ0v) is 9.93. The molecule has 18 heavy (non-hydrogen) atoms. The van der Waals surface area contributed by atoms with Crippen molar-refractivity contribution in [3.8, 4) is 5.75 Å². The number of phenols is 1. The molecule has 0 spiro atoms. The molecule has 1 nitrogen and oxygen atoms in total. The van der Waals surface area contributed by atoms with Crippen molar-refractivity contribution in [2.75, 3.05) is 0 Å². The molecule has 0 atom stereocenters. The van der Waals surface area contributed by atoms with Gasteiger partial charge in [-0.3, -0.25) is 0 Å². The summed E-state index contributed by atoms with van der Waals surface area (Å²) >= 11 is 0. The first-order valence-corrected chi connectivity index (χ1v) is 5.99. The molecule has 0 saturated carbocycles. The van der Waals surface area contributed by atoms with Crippen LogP contribution in [0.2, 0.25) is 0 Å². The van der Waals surface area contributed by atoms with Crippen LogP contribution in [0.25, 0.3) is 10.8 Å². The van der Waals surface area contributed by atoms with Gasteiger partial charge in [-0.2, -0.15) is 0 Å². The van der Waals surface area contributed by atoms with Crippen LogP contribution in [0.15, 0.2) is 60.7 Å². The third-order valence-electron chi connectivity index (χ3n) is 3.05. The van der Waals surface area contributed by atoms with Crippen LogP contribution in [0.4, 0.5) is 0 Å². The summed E-state index contributed by atoms with van der Waals surface area (Å²) in [6.07, 6.45) is 0.838. The average molecular weight is 233 g/mol. The fourth-order valence-electron chi connectivity index (χ4n) is 2.10. The predicted octanol–water partition coefficient (Wildman–Crippen LogP) is 3.94. The lowest BCUT2D eigenvalue weighted by Crippen LogP contribution is -1.88. The van der Waals surface area contributed by atoms with E-state index in [0.29, 0.717) is 5.75 Å². The number of hydrogen-bond acceptors (Lipinski definition) is 1. The first kappa shape index (κ1) is 10.8. The first-order valence-electron chi connectivity index (χ1n) is 5.99. The Morgan fingerprint density at radius 3 is 2.44 bits per heavy atom. The summed E-state index contributed by atoms with van der Waals surface area (Å²) in [5.41, 5.74) is 2.35. The zero-order valence-electron chi connectivity index (χ0n) is 9.93. The highest BCUT2D eigenvalue weighted by atomic mass is 16.3. The van der Waals surface area contributed by atoms with E-state index in [2.05, 4.69) is 30.3 Å². The molecule has 0 aliphatic heterocycles. The largest absolute Gasteiger partial charge is 0.508 e. The lowest BCUT2D eigenvalue weighted by atomic mass is 10.0. The van der Waals surface area contributed by atoms with Crippen LogP contribution >= 0.6 is 0 Å². The Morgan fingerprint density at radius 1 is 0.833 bits per heavy atom. The van der Waals surface area contributed by atoms with Crippen LogP contribution in [0.5, 0.6) is 5.75 Å². The summed E-state index contributed by atoms with van der Waals surface area (Å²) in [5, 5.41) is 11.6. The fourth-order valence-corrected chi connectivity index (χ4v) is 2.10. The van der Waals surface area contributed by atoms with E-state index < -0.39 is 0 Å². The molecule has 0 aliphatic carbocycles. The van der Waals surface area contributed by atoms with Gasteiger partial charge in [0.2, 0.25) is 0 Å². The number of fused-ring (bicyclic) bond motifs is 1. The second-order valence-electron chi connectivity index (χ2n) is 4.41. The van der Waals surface area contributed by atoms with E-state index in [9.17, 15) is 5.11 Å². The lowest BCUT2D eigenvalue weighted by molar-refractivity contribution is 0.475. The Balaban J connectivity index is 1.92. The average Bonchev–Trinajstić information content (AvgIpc) is 2.41. The lowest BCUT2D eigenvalue weighted by Gasteiger charge is -2.04. The van der Waals surface area contributed by atoms with E-state index in [0.717, 1.165) is 11.8 Å². The monoisotopic (exact) mass is 233 g/mol. The van der Waals surface area contributed by atoms with Gasteiger partial charge in [0.05, 0.1) is 0 Å². The van der Waals surface area contributed by atoms with E-state index in [-0.39, 0.29) is 0 Å². The fraction of sp³-hybridized carbons (Fsp3) is 0.0588. The van der Waals surface area contributed by atoms with E-state index in [1.54, 1.807) is 12.1 Å². The summed E-state index contributed by atoms with van der Waals surface area (Å²) < 4.78 is 0. The molecule has 0 aromatic heterocycles. The molecule has 0 aliphatic rings. The third kappa shape index (κ3) is 2.21. The molecule has 0 amide bonds. The van der Waals surface area contributed by atoms with Crippen LogP contribution < -0.4 is 0 Å². The van der Waals surface area contributed by atoms with Crippen LogP contribution in [-0.2, 0) is 6.42 Å². The second kappa shape index (κ2) is 4.53. The molecule has 0 fully saturated rings. The number of phenolic OH excluding ortho intramolecular Hbond substituents is 1. The number of rotatable bonds is 2. The second-order valence-corrected chi connectivity index (χ2v) is 4.41. The van der Waals surface area contributed by atoms with Gasteiger partial charge in [-0.1, -0.05) is 48.5 Å². The normalized spacial score (nSPS) is 10.7. The Bertz CT molecular complexity index is 669. The molecule has 3 aromatic carbocycles. The minimum atomic E-state index is 0.307. The van der Waals surface area contributed by atoms with E-state index in [4.69, 9.17) is 0 Å². The summed E-state index contributed by atoms with van der Waals surface area (Å²) in [5.74, 6) is 0.307. The topological polar surface area (TPSA) is 20.2 Å². The molecule has 0 saturated heterocycles. The van der Waals surface area contributed by atoms with Crippen molar-refractivity contribution in [1.82, 2.24) is 0 Å². The highest BCUT2D eigenvalue weighted by molar-refractivity contribution is 5.82. The molecular formula is C17H13O. The van der Waals surface area contributed by atoms with Crippen LogP contribution in [-0.4, -0.2) is 5.11 Å². The van der Waals surface area contributed by atoms with Gasteiger partial charge in [0.15, 0.2) is 0 Å². The van der Waals surface area contributed by atoms with Gasteiger partial charge in [0, 0.05) is 0 Å². The number of aromatic hydroxyl groups is 1. The molecule has 1 N–H and O–H groups in total. The van der Waals surface area contributed by atoms with Gasteiger partial charge >= 0.3 is 0 Å². The number of hydrogen-bond donors (Lipinski definition) is 1. The van der Waals surface area contributed by atoms with Crippen molar-refractivity contribution < 1.29 is 5.11 Å². The minimum absolute atomic E-state index is 0.307. The SMILES string of the molecule is Oc1ccc(Cc2[c]c3ccccc3cc2)cc1. The third-order valence-corrected chi connectivity index (χ3v) is 3.05. The first-order chi connectivity index (χ1) is 8.81. The maximum Gasteiger partial charge on any atom is 0.115 e. The van der Waals surface area contributed by atoms with Crippen molar-refractivity contribution in [3.05, 3.63) is 77.9 Å². The van der Waals surface area contributed by atoms with Crippen molar-refractivity contribution in [3.63, 3.8) is 0 Å². The molecule has 3 rings (SSSR count). The van der Waals surface area contributed by atoms with E-state index in [1.807, 2.05) is 24.3 Å². The predicted molar refractivity (Wildman–Crippen MR) is 73.7 cm³/mol. The molecule has 87 valence electrons. The van der Waals surface area contributed by atoms with Gasteiger partial charge in [-0.15, -0.1) is 0 Å². The quantitative estimate of drug-likeness (QED) is 0.711. The Morgan fingerprint density at radius 2 is 1.61 bits per heavy atom. The zero-order chi connectivity index (χ0) is 12.4. The van der Waals surface area contributed by atoms with E-state index >= 15 is 0 Å². The van der Waals surface area contributed by atoms with Gasteiger partial charge in [-0.05, 0) is 46.5 Å². The molecule has 1 heteroatoms. The Labute approximate surface area is 106 Å². The van der Waals surface area contributed by atoms with Crippen LogP contribution in [0, 0.1) is 6.07 Å². The minimum Gasteiger partial charge on any atom is -0.508 e. The summed E-state index contributed by atoms with van der Waals surface area (Å²) in [6, 6.07) is 23.2. The maximum absolute atomic E-state index is 9.26.